The molecule has 2 rings (SSSR count). The van der Waals surface area contributed by atoms with E-state index < -0.39 is 0 Å². The van der Waals surface area contributed by atoms with Gasteiger partial charge in [0.05, 0.1) is 5.02 Å². The quantitative estimate of drug-likeness (QED) is 0.885. The molecule has 1 saturated heterocycles. The number of hydrogen-bond acceptors (Lipinski definition) is 2. The highest BCUT2D eigenvalue weighted by atomic mass is 35.5. The largest absolute Gasteiger partial charge is 0.309 e. The molecule has 1 aliphatic rings. The van der Waals surface area contributed by atoms with Crippen LogP contribution < -0.4 is 5.32 Å². The van der Waals surface area contributed by atoms with Gasteiger partial charge < -0.3 is 5.32 Å². The van der Waals surface area contributed by atoms with E-state index in [9.17, 15) is 4.39 Å². The molecule has 118 valence electrons. The van der Waals surface area contributed by atoms with Crippen molar-refractivity contribution in [1.82, 2.24) is 10.2 Å². The van der Waals surface area contributed by atoms with Crippen LogP contribution in [0.15, 0.2) is 18.2 Å². The Morgan fingerprint density at radius 2 is 2.05 bits per heavy atom. The van der Waals surface area contributed by atoms with E-state index in [1.165, 1.54) is 0 Å². The molecule has 0 aromatic heterocycles. The SMILES string of the molecule is CC1(C)CN(Cc2cccc(Cl)c2F)C(C(C)(C)C)CN1. The number of nitrogens with zero attached hydrogens (tertiary/aromatic N) is 1. The Bertz CT molecular complexity index is 508. The Balaban J connectivity index is 2.26. The highest BCUT2D eigenvalue weighted by Gasteiger charge is 2.38. The molecule has 1 fully saturated rings. The molecule has 1 aliphatic heterocycles. The molecular formula is C17H26ClFN2. The Morgan fingerprint density at radius 3 is 2.67 bits per heavy atom. The van der Waals surface area contributed by atoms with Gasteiger partial charge in [-0.05, 0) is 25.3 Å². The Labute approximate surface area is 132 Å². The van der Waals surface area contributed by atoms with E-state index in [0.29, 0.717) is 18.2 Å². The van der Waals surface area contributed by atoms with Crippen LogP contribution in [-0.4, -0.2) is 29.6 Å². The zero-order chi connectivity index (χ0) is 15.8. The van der Waals surface area contributed by atoms with Crippen LogP contribution in [0.2, 0.25) is 5.02 Å². The lowest BCUT2D eigenvalue weighted by Crippen LogP contribution is -2.64. The molecule has 0 amide bonds. The van der Waals surface area contributed by atoms with Crippen molar-refractivity contribution in [1.29, 1.82) is 0 Å². The van der Waals surface area contributed by atoms with Crippen LogP contribution in [0.1, 0.15) is 40.2 Å². The summed E-state index contributed by atoms with van der Waals surface area (Å²) in [5.41, 5.74) is 0.851. The predicted octanol–water partition coefficient (Wildman–Crippen LogP) is 4.08. The smallest absolute Gasteiger partial charge is 0.146 e. The maximum atomic E-state index is 14.2. The third-order valence-electron chi connectivity index (χ3n) is 4.22. The summed E-state index contributed by atoms with van der Waals surface area (Å²) in [6, 6.07) is 5.61. The highest BCUT2D eigenvalue weighted by Crippen LogP contribution is 2.31. The molecule has 1 aromatic rings. The second-order valence-electron chi connectivity index (χ2n) is 7.76. The Kier molecular flexibility index (Phi) is 4.67. The molecule has 0 radical (unpaired) electrons. The number of piperazine rings is 1. The third kappa shape index (κ3) is 3.97. The molecule has 0 bridgehead atoms. The number of rotatable bonds is 2. The summed E-state index contributed by atoms with van der Waals surface area (Å²) in [6.45, 7) is 13.5. The molecule has 1 atom stereocenters. The van der Waals surface area contributed by atoms with Gasteiger partial charge in [0.25, 0.3) is 0 Å². The number of benzene rings is 1. The van der Waals surface area contributed by atoms with Crippen LogP contribution in [-0.2, 0) is 6.54 Å². The maximum absolute atomic E-state index is 14.2. The Morgan fingerprint density at radius 1 is 1.38 bits per heavy atom. The minimum absolute atomic E-state index is 0.0385. The zero-order valence-electron chi connectivity index (χ0n) is 13.6. The lowest BCUT2D eigenvalue weighted by molar-refractivity contribution is 0.0265. The van der Waals surface area contributed by atoms with Gasteiger partial charge in [-0.1, -0.05) is 44.5 Å². The minimum atomic E-state index is -0.289. The van der Waals surface area contributed by atoms with Gasteiger partial charge in [0.15, 0.2) is 0 Å². The summed E-state index contributed by atoms with van der Waals surface area (Å²) in [5.74, 6) is -0.289. The van der Waals surface area contributed by atoms with Gasteiger partial charge in [-0.3, -0.25) is 4.90 Å². The van der Waals surface area contributed by atoms with Crippen molar-refractivity contribution in [2.45, 2.75) is 52.7 Å². The molecule has 21 heavy (non-hydrogen) atoms. The topological polar surface area (TPSA) is 15.3 Å². The molecule has 1 N–H and O–H groups in total. The van der Waals surface area contributed by atoms with Crippen molar-refractivity contribution in [3.8, 4) is 0 Å². The lowest BCUT2D eigenvalue weighted by atomic mass is 9.82. The van der Waals surface area contributed by atoms with Gasteiger partial charge >= 0.3 is 0 Å². The molecular weight excluding hydrogens is 287 g/mol. The normalized spacial score (nSPS) is 23.3. The van der Waals surface area contributed by atoms with E-state index in [2.05, 4.69) is 44.8 Å². The fourth-order valence-electron chi connectivity index (χ4n) is 3.09. The van der Waals surface area contributed by atoms with Crippen LogP contribution in [0, 0.1) is 11.2 Å². The average Bonchev–Trinajstić information content (AvgIpc) is 2.32. The number of halogens is 2. The van der Waals surface area contributed by atoms with Crippen LogP contribution in [0.4, 0.5) is 4.39 Å². The van der Waals surface area contributed by atoms with Crippen molar-refractivity contribution < 1.29 is 4.39 Å². The first-order valence-electron chi connectivity index (χ1n) is 7.52. The summed E-state index contributed by atoms with van der Waals surface area (Å²) in [5, 5.41) is 3.80. The first-order chi connectivity index (χ1) is 9.60. The molecule has 1 heterocycles. The lowest BCUT2D eigenvalue weighted by Gasteiger charge is -2.49. The first kappa shape index (κ1) is 16.7. The molecule has 4 heteroatoms. The summed E-state index contributed by atoms with van der Waals surface area (Å²) < 4.78 is 14.2. The molecule has 1 unspecified atom stereocenters. The highest BCUT2D eigenvalue weighted by molar-refractivity contribution is 6.30. The third-order valence-corrected chi connectivity index (χ3v) is 4.51. The molecule has 0 spiro atoms. The van der Waals surface area contributed by atoms with Gasteiger partial charge in [0, 0.05) is 36.8 Å². The standard InChI is InChI=1S/C17H26ClFN2/c1-16(2,3)14-9-20-17(4,5)11-21(14)10-12-7-6-8-13(18)15(12)19/h6-8,14,20H,9-11H2,1-5H3. The number of hydrogen-bond donors (Lipinski definition) is 1. The van der Waals surface area contributed by atoms with Crippen LogP contribution in [0.5, 0.6) is 0 Å². The van der Waals surface area contributed by atoms with Crippen LogP contribution in [0.25, 0.3) is 0 Å². The van der Waals surface area contributed by atoms with Crippen LogP contribution in [0.3, 0.4) is 0 Å². The van der Waals surface area contributed by atoms with E-state index >= 15 is 0 Å². The van der Waals surface area contributed by atoms with Crippen molar-refractivity contribution in [3.05, 3.63) is 34.6 Å². The van der Waals surface area contributed by atoms with E-state index in [0.717, 1.165) is 13.1 Å². The first-order valence-corrected chi connectivity index (χ1v) is 7.90. The van der Waals surface area contributed by atoms with E-state index in [1.807, 2.05) is 12.1 Å². The fraction of sp³-hybridized carbons (Fsp3) is 0.647. The van der Waals surface area contributed by atoms with Crippen molar-refractivity contribution >= 4 is 11.6 Å². The minimum Gasteiger partial charge on any atom is -0.309 e. The monoisotopic (exact) mass is 312 g/mol. The molecule has 0 saturated carbocycles. The average molecular weight is 313 g/mol. The van der Waals surface area contributed by atoms with Gasteiger partial charge in [-0.25, -0.2) is 4.39 Å². The maximum Gasteiger partial charge on any atom is 0.146 e. The molecule has 0 aliphatic carbocycles. The van der Waals surface area contributed by atoms with Gasteiger partial charge in [0.2, 0.25) is 0 Å². The summed E-state index contributed by atoms with van der Waals surface area (Å²) in [6.07, 6.45) is 0. The summed E-state index contributed by atoms with van der Waals surface area (Å²) in [7, 11) is 0. The van der Waals surface area contributed by atoms with Gasteiger partial charge in [-0.15, -0.1) is 0 Å². The number of nitrogens with one attached hydrogen (secondary N) is 1. The Hall–Kier alpha value is -0.640. The van der Waals surface area contributed by atoms with Crippen molar-refractivity contribution in [2.24, 2.45) is 5.41 Å². The van der Waals surface area contributed by atoms with E-state index in [1.54, 1.807) is 6.07 Å². The van der Waals surface area contributed by atoms with Gasteiger partial charge in [0.1, 0.15) is 5.82 Å². The molecule has 2 nitrogen and oxygen atoms in total. The second-order valence-corrected chi connectivity index (χ2v) is 8.17. The molecule has 1 aromatic carbocycles. The van der Waals surface area contributed by atoms with E-state index in [-0.39, 0.29) is 21.8 Å². The van der Waals surface area contributed by atoms with Crippen LogP contribution >= 0.6 is 11.6 Å². The summed E-state index contributed by atoms with van der Waals surface area (Å²) >= 11 is 5.91. The summed E-state index contributed by atoms with van der Waals surface area (Å²) in [4.78, 5) is 2.38. The van der Waals surface area contributed by atoms with E-state index in [4.69, 9.17) is 11.6 Å². The van der Waals surface area contributed by atoms with Crippen molar-refractivity contribution in [3.63, 3.8) is 0 Å². The van der Waals surface area contributed by atoms with Gasteiger partial charge in [-0.2, -0.15) is 0 Å². The zero-order valence-corrected chi connectivity index (χ0v) is 14.4. The fourth-order valence-corrected chi connectivity index (χ4v) is 3.28. The second kappa shape index (κ2) is 5.86. The predicted molar refractivity (Wildman–Crippen MR) is 87.1 cm³/mol. The van der Waals surface area contributed by atoms with Crippen molar-refractivity contribution in [2.75, 3.05) is 13.1 Å².